The molecule has 1 aromatic carbocycles. The van der Waals surface area contributed by atoms with Gasteiger partial charge in [0.05, 0.1) is 0 Å². The van der Waals surface area contributed by atoms with Crippen molar-refractivity contribution >= 4 is 35.1 Å². The maximum absolute atomic E-state index is 12.1. The van der Waals surface area contributed by atoms with Gasteiger partial charge >= 0.3 is 6.03 Å². The third-order valence-electron chi connectivity index (χ3n) is 4.53. The number of nitrogens with zero attached hydrogens (tertiary/aromatic N) is 3. The number of benzene rings is 1. The summed E-state index contributed by atoms with van der Waals surface area (Å²) in [5.41, 5.74) is 1.40. The van der Waals surface area contributed by atoms with E-state index in [0.29, 0.717) is 25.1 Å². The summed E-state index contributed by atoms with van der Waals surface area (Å²) in [5, 5.41) is 2.80. The molecule has 2 saturated heterocycles. The van der Waals surface area contributed by atoms with Gasteiger partial charge in [-0.05, 0) is 31.0 Å². The number of anilines is 2. The van der Waals surface area contributed by atoms with Gasteiger partial charge in [0, 0.05) is 44.4 Å². The highest BCUT2D eigenvalue weighted by Gasteiger charge is 2.32. The molecule has 0 aliphatic carbocycles. The first kappa shape index (κ1) is 17.9. The molecule has 1 N–H and O–H groups in total. The molecule has 5 amide bonds. The van der Waals surface area contributed by atoms with Crippen LogP contribution < -0.4 is 10.2 Å². The summed E-state index contributed by atoms with van der Waals surface area (Å²) in [4.78, 5) is 51.6. The van der Waals surface area contributed by atoms with Gasteiger partial charge in [0.15, 0.2) is 0 Å². The van der Waals surface area contributed by atoms with Crippen LogP contribution in [0.2, 0.25) is 0 Å². The minimum absolute atomic E-state index is 0.0903. The van der Waals surface area contributed by atoms with Crippen LogP contribution in [0.15, 0.2) is 24.3 Å². The summed E-state index contributed by atoms with van der Waals surface area (Å²) in [7, 11) is 1.57. The van der Waals surface area contributed by atoms with Crippen molar-refractivity contribution in [2.45, 2.75) is 25.7 Å². The number of carbonyl (C=O) groups is 4. The maximum atomic E-state index is 12.1. The monoisotopic (exact) mass is 358 g/mol. The predicted molar refractivity (Wildman–Crippen MR) is 95.6 cm³/mol. The summed E-state index contributed by atoms with van der Waals surface area (Å²) >= 11 is 0. The molecule has 138 valence electrons. The van der Waals surface area contributed by atoms with E-state index in [-0.39, 0.29) is 43.3 Å². The minimum atomic E-state index is -0.321. The molecule has 0 aromatic heterocycles. The van der Waals surface area contributed by atoms with Gasteiger partial charge in [0.2, 0.25) is 17.7 Å². The highest BCUT2D eigenvalue weighted by atomic mass is 16.2. The van der Waals surface area contributed by atoms with Crippen LogP contribution in [0, 0.1) is 0 Å². The predicted octanol–water partition coefficient (Wildman–Crippen LogP) is 1.43. The zero-order chi connectivity index (χ0) is 18.7. The molecule has 0 saturated carbocycles. The van der Waals surface area contributed by atoms with Crippen LogP contribution in [-0.4, -0.2) is 60.2 Å². The van der Waals surface area contributed by atoms with Crippen molar-refractivity contribution in [2.24, 2.45) is 0 Å². The first-order valence-electron chi connectivity index (χ1n) is 8.71. The van der Waals surface area contributed by atoms with E-state index in [0.717, 1.165) is 12.1 Å². The SMILES string of the molecule is CN1CC(=O)N(CCCC(=O)Nc2cccc(N3CCCC3=O)c2)C1=O. The molecule has 2 fully saturated rings. The highest BCUT2D eigenvalue weighted by molar-refractivity contribution is 6.02. The Kier molecular flexibility index (Phi) is 5.20. The fraction of sp³-hybridized carbons (Fsp3) is 0.444. The van der Waals surface area contributed by atoms with Crippen LogP contribution in [-0.2, 0) is 14.4 Å². The molecule has 2 aliphatic heterocycles. The quantitative estimate of drug-likeness (QED) is 0.779. The van der Waals surface area contributed by atoms with Crippen LogP contribution in [0.1, 0.15) is 25.7 Å². The fourth-order valence-electron chi connectivity index (χ4n) is 3.18. The van der Waals surface area contributed by atoms with Crippen LogP contribution >= 0.6 is 0 Å². The van der Waals surface area contributed by atoms with Gasteiger partial charge in [-0.25, -0.2) is 4.79 Å². The van der Waals surface area contributed by atoms with E-state index in [1.165, 1.54) is 9.80 Å². The average Bonchev–Trinajstić information content (AvgIpc) is 3.13. The number of amides is 5. The Labute approximate surface area is 151 Å². The third-order valence-corrected chi connectivity index (χ3v) is 4.53. The van der Waals surface area contributed by atoms with E-state index in [2.05, 4.69) is 5.32 Å². The maximum Gasteiger partial charge on any atom is 0.326 e. The van der Waals surface area contributed by atoms with Gasteiger partial charge < -0.3 is 15.1 Å². The molecule has 8 heteroatoms. The lowest BCUT2D eigenvalue weighted by Gasteiger charge is -2.17. The molecule has 0 bridgehead atoms. The first-order chi connectivity index (χ1) is 12.5. The van der Waals surface area contributed by atoms with E-state index in [9.17, 15) is 19.2 Å². The van der Waals surface area contributed by atoms with Crippen LogP contribution in [0.5, 0.6) is 0 Å². The van der Waals surface area contributed by atoms with E-state index >= 15 is 0 Å². The van der Waals surface area contributed by atoms with Crippen molar-refractivity contribution in [1.82, 2.24) is 9.80 Å². The fourth-order valence-corrected chi connectivity index (χ4v) is 3.18. The largest absolute Gasteiger partial charge is 0.326 e. The molecule has 0 radical (unpaired) electrons. The molecular weight excluding hydrogens is 336 g/mol. The van der Waals surface area contributed by atoms with Gasteiger partial charge in [-0.3, -0.25) is 19.3 Å². The lowest BCUT2D eigenvalue weighted by Crippen LogP contribution is -2.32. The van der Waals surface area contributed by atoms with Crippen molar-refractivity contribution in [2.75, 3.05) is 36.9 Å². The molecule has 0 spiro atoms. The zero-order valence-corrected chi connectivity index (χ0v) is 14.7. The topological polar surface area (TPSA) is 90.0 Å². The van der Waals surface area contributed by atoms with Gasteiger partial charge in [-0.2, -0.15) is 0 Å². The molecule has 0 unspecified atom stereocenters. The molecule has 3 rings (SSSR count). The van der Waals surface area contributed by atoms with Crippen LogP contribution in [0.3, 0.4) is 0 Å². The Hall–Kier alpha value is -2.90. The normalized spacial score (nSPS) is 17.4. The number of carbonyl (C=O) groups excluding carboxylic acids is 4. The third kappa shape index (κ3) is 3.84. The number of rotatable bonds is 6. The summed E-state index contributed by atoms with van der Waals surface area (Å²) < 4.78 is 0. The smallest absolute Gasteiger partial charge is 0.326 e. The lowest BCUT2D eigenvalue weighted by atomic mass is 10.2. The van der Waals surface area contributed by atoms with Crippen molar-refractivity contribution < 1.29 is 19.2 Å². The van der Waals surface area contributed by atoms with Crippen molar-refractivity contribution in [3.8, 4) is 0 Å². The molecule has 8 nitrogen and oxygen atoms in total. The molecule has 0 atom stereocenters. The second kappa shape index (κ2) is 7.55. The van der Waals surface area contributed by atoms with Crippen molar-refractivity contribution in [3.63, 3.8) is 0 Å². The molecule has 2 heterocycles. The number of likely N-dealkylation sites (N-methyl/N-ethyl adjacent to an activating group) is 1. The minimum Gasteiger partial charge on any atom is -0.326 e. The number of hydrogen-bond acceptors (Lipinski definition) is 4. The van der Waals surface area contributed by atoms with Crippen molar-refractivity contribution in [1.29, 1.82) is 0 Å². The molecule has 26 heavy (non-hydrogen) atoms. The van der Waals surface area contributed by atoms with E-state index in [1.807, 2.05) is 6.07 Å². The highest BCUT2D eigenvalue weighted by Crippen LogP contribution is 2.24. The van der Waals surface area contributed by atoms with E-state index in [4.69, 9.17) is 0 Å². The lowest BCUT2D eigenvalue weighted by molar-refractivity contribution is -0.125. The summed E-state index contributed by atoms with van der Waals surface area (Å²) in [6, 6.07) is 6.88. The van der Waals surface area contributed by atoms with Gasteiger partial charge in [0.25, 0.3) is 0 Å². The first-order valence-corrected chi connectivity index (χ1v) is 8.71. The van der Waals surface area contributed by atoms with E-state index < -0.39 is 0 Å². The van der Waals surface area contributed by atoms with Crippen LogP contribution in [0.4, 0.5) is 16.2 Å². The van der Waals surface area contributed by atoms with Crippen molar-refractivity contribution in [3.05, 3.63) is 24.3 Å². The molecular formula is C18H22N4O4. The van der Waals surface area contributed by atoms with E-state index in [1.54, 1.807) is 30.1 Å². The summed E-state index contributed by atoms with van der Waals surface area (Å²) in [6.45, 7) is 1.02. The second-order valence-corrected chi connectivity index (χ2v) is 6.54. The van der Waals surface area contributed by atoms with Gasteiger partial charge in [-0.15, -0.1) is 0 Å². The number of hydrogen-bond donors (Lipinski definition) is 1. The molecule has 1 aromatic rings. The second-order valence-electron chi connectivity index (χ2n) is 6.54. The van der Waals surface area contributed by atoms with Gasteiger partial charge in [0.1, 0.15) is 6.54 Å². The number of nitrogens with one attached hydrogen (secondary N) is 1. The number of urea groups is 1. The average molecular weight is 358 g/mol. The summed E-state index contributed by atoms with van der Waals surface area (Å²) in [6.07, 6.45) is 2.01. The molecule has 2 aliphatic rings. The Bertz CT molecular complexity index is 748. The Morgan fingerprint density at radius 3 is 2.65 bits per heavy atom. The Morgan fingerprint density at radius 2 is 2.00 bits per heavy atom. The Morgan fingerprint density at radius 1 is 1.19 bits per heavy atom. The zero-order valence-electron chi connectivity index (χ0n) is 14.7. The van der Waals surface area contributed by atoms with Gasteiger partial charge in [-0.1, -0.05) is 6.07 Å². The standard InChI is InChI=1S/C18H22N4O4/c1-20-12-17(25)22(18(20)26)10-3-7-15(23)19-13-5-2-6-14(11-13)21-9-4-8-16(21)24/h2,5-6,11H,3-4,7-10,12H2,1H3,(H,19,23). The summed E-state index contributed by atoms with van der Waals surface area (Å²) in [5.74, 6) is -0.332. The van der Waals surface area contributed by atoms with Crippen LogP contribution in [0.25, 0.3) is 0 Å². The number of imide groups is 1. The Balaban J connectivity index is 1.50.